The predicted molar refractivity (Wildman–Crippen MR) is 81.8 cm³/mol. The first-order valence-electron chi connectivity index (χ1n) is 7.40. The Bertz CT molecular complexity index is 247. The first kappa shape index (κ1) is 18.6. The van der Waals surface area contributed by atoms with E-state index in [0.29, 0.717) is 25.6 Å². The summed E-state index contributed by atoms with van der Waals surface area (Å²) in [6.07, 6.45) is 4.02. The van der Waals surface area contributed by atoms with E-state index >= 15 is 0 Å². The molecule has 3 nitrogen and oxygen atoms in total. The van der Waals surface area contributed by atoms with Crippen LogP contribution in [0.15, 0.2) is 0 Å². The minimum Gasteiger partial charge on any atom is -0.449 e. The summed E-state index contributed by atoms with van der Waals surface area (Å²) in [6, 6.07) is 0. The number of rotatable bonds is 9. The highest BCUT2D eigenvalue weighted by molar-refractivity contribution is 6.23. The molecule has 1 unspecified atom stereocenters. The topological polar surface area (TPSA) is 29.5 Å². The molecule has 0 saturated heterocycles. The lowest BCUT2D eigenvalue weighted by molar-refractivity contribution is 0.100. The van der Waals surface area contributed by atoms with Crippen LogP contribution in [0.25, 0.3) is 0 Å². The second-order valence-corrected chi connectivity index (χ2v) is 6.81. The van der Waals surface area contributed by atoms with E-state index in [1.165, 1.54) is 0 Å². The zero-order valence-electron chi connectivity index (χ0n) is 13.2. The van der Waals surface area contributed by atoms with Crippen LogP contribution in [0.3, 0.4) is 0 Å². The number of ether oxygens (including phenoxy) is 1. The van der Waals surface area contributed by atoms with E-state index in [4.69, 9.17) is 16.3 Å². The maximum atomic E-state index is 11.6. The second-order valence-electron chi connectivity index (χ2n) is 5.79. The summed E-state index contributed by atoms with van der Waals surface area (Å²) in [5, 5.41) is 0. The van der Waals surface area contributed by atoms with Gasteiger partial charge in [-0.05, 0) is 46.5 Å². The number of carbonyl (C=O) groups excluding carboxylic acids is 1. The Balaban J connectivity index is 3.68. The standard InChI is InChI=1S/C15H30ClNO2/c1-6-17(7-2)14(18)19-12-10-13(3)9-8-11-15(4,5)16/h13H,6-12H2,1-5H3. The Morgan fingerprint density at radius 3 is 2.32 bits per heavy atom. The number of halogens is 1. The predicted octanol–water partition coefficient (Wildman–Crippen LogP) is 4.68. The zero-order chi connectivity index (χ0) is 14.9. The van der Waals surface area contributed by atoms with Gasteiger partial charge in [-0.25, -0.2) is 4.79 Å². The molecule has 0 radical (unpaired) electrons. The van der Waals surface area contributed by atoms with Gasteiger partial charge in [-0.3, -0.25) is 0 Å². The van der Waals surface area contributed by atoms with Crippen LogP contribution in [0.5, 0.6) is 0 Å². The lowest BCUT2D eigenvalue weighted by atomic mass is 9.97. The third-order valence-electron chi connectivity index (χ3n) is 3.33. The van der Waals surface area contributed by atoms with Gasteiger partial charge in [0.05, 0.1) is 6.61 Å². The molecule has 0 spiro atoms. The Labute approximate surface area is 123 Å². The molecule has 0 bridgehead atoms. The maximum Gasteiger partial charge on any atom is 0.409 e. The number of amides is 1. The van der Waals surface area contributed by atoms with E-state index in [9.17, 15) is 4.79 Å². The summed E-state index contributed by atoms with van der Waals surface area (Å²) in [4.78, 5) is 13.2. The largest absolute Gasteiger partial charge is 0.449 e. The summed E-state index contributed by atoms with van der Waals surface area (Å²) in [6.45, 7) is 12.1. The van der Waals surface area contributed by atoms with E-state index in [2.05, 4.69) is 6.92 Å². The SMILES string of the molecule is CCN(CC)C(=O)OCCC(C)CCCC(C)(C)Cl. The third kappa shape index (κ3) is 10.1. The van der Waals surface area contributed by atoms with Gasteiger partial charge in [-0.2, -0.15) is 0 Å². The van der Waals surface area contributed by atoms with Crippen LogP contribution in [0.4, 0.5) is 4.79 Å². The van der Waals surface area contributed by atoms with Gasteiger partial charge in [0.15, 0.2) is 0 Å². The van der Waals surface area contributed by atoms with Crippen molar-refractivity contribution in [3.05, 3.63) is 0 Å². The highest BCUT2D eigenvalue weighted by atomic mass is 35.5. The number of nitrogens with zero attached hydrogens (tertiary/aromatic N) is 1. The highest BCUT2D eigenvalue weighted by Crippen LogP contribution is 2.23. The van der Waals surface area contributed by atoms with E-state index in [1.54, 1.807) is 4.90 Å². The molecule has 0 aromatic heterocycles. The molecule has 0 N–H and O–H groups in total. The zero-order valence-corrected chi connectivity index (χ0v) is 13.9. The van der Waals surface area contributed by atoms with Gasteiger partial charge in [0.2, 0.25) is 0 Å². The van der Waals surface area contributed by atoms with Crippen molar-refractivity contribution in [2.75, 3.05) is 19.7 Å². The summed E-state index contributed by atoms with van der Waals surface area (Å²) < 4.78 is 5.26. The Hall–Kier alpha value is -0.440. The minimum atomic E-state index is -0.195. The van der Waals surface area contributed by atoms with E-state index < -0.39 is 0 Å². The van der Waals surface area contributed by atoms with Gasteiger partial charge >= 0.3 is 6.09 Å². The number of hydrogen-bond donors (Lipinski definition) is 0. The van der Waals surface area contributed by atoms with Gasteiger partial charge in [-0.1, -0.05) is 19.8 Å². The quantitative estimate of drug-likeness (QED) is 0.577. The van der Waals surface area contributed by atoms with Crippen molar-refractivity contribution >= 4 is 17.7 Å². The molecule has 0 aromatic carbocycles. The van der Waals surface area contributed by atoms with Crippen LogP contribution >= 0.6 is 11.6 Å². The summed E-state index contributed by atoms with van der Waals surface area (Å²) in [7, 11) is 0. The van der Waals surface area contributed by atoms with Crippen molar-refractivity contribution in [1.29, 1.82) is 0 Å². The fourth-order valence-corrected chi connectivity index (χ4v) is 2.07. The van der Waals surface area contributed by atoms with Crippen molar-refractivity contribution in [2.24, 2.45) is 5.92 Å². The molecule has 0 saturated carbocycles. The molecule has 114 valence electrons. The van der Waals surface area contributed by atoms with E-state index in [-0.39, 0.29) is 11.0 Å². The average Bonchev–Trinajstić information content (AvgIpc) is 2.28. The molecule has 1 amide bonds. The van der Waals surface area contributed by atoms with Crippen molar-refractivity contribution in [2.45, 2.75) is 65.2 Å². The average molecular weight is 292 g/mol. The van der Waals surface area contributed by atoms with E-state index in [1.807, 2.05) is 27.7 Å². The molecule has 1 atom stereocenters. The molecule has 19 heavy (non-hydrogen) atoms. The monoisotopic (exact) mass is 291 g/mol. The molecule has 0 aliphatic heterocycles. The van der Waals surface area contributed by atoms with Gasteiger partial charge in [0, 0.05) is 18.0 Å². The molecular weight excluding hydrogens is 262 g/mol. The van der Waals surface area contributed by atoms with E-state index in [0.717, 1.165) is 25.7 Å². The van der Waals surface area contributed by atoms with Crippen LogP contribution in [-0.2, 0) is 4.74 Å². The van der Waals surface area contributed by atoms with Crippen LogP contribution in [0.1, 0.15) is 60.3 Å². The lowest BCUT2D eigenvalue weighted by Crippen LogP contribution is -2.31. The molecular formula is C15H30ClNO2. The first-order chi connectivity index (χ1) is 8.80. The van der Waals surface area contributed by atoms with Crippen LogP contribution in [0.2, 0.25) is 0 Å². The van der Waals surface area contributed by atoms with Crippen molar-refractivity contribution in [3.63, 3.8) is 0 Å². The molecule has 0 aliphatic rings. The molecule has 0 fully saturated rings. The van der Waals surface area contributed by atoms with Crippen molar-refractivity contribution < 1.29 is 9.53 Å². The summed E-state index contributed by atoms with van der Waals surface area (Å²) in [5.74, 6) is 0.573. The number of alkyl halides is 1. The molecule has 0 heterocycles. The lowest BCUT2D eigenvalue weighted by Gasteiger charge is -2.19. The number of hydrogen-bond acceptors (Lipinski definition) is 2. The molecule has 0 rings (SSSR count). The highest BCUT2D eigenvalue weighted by Gasteiger charge is 2.14. The minimum absolute atomic E-state index is 0.102. The molecule has 4 heteroatoms. The Morgan fingerprint density at radius 1 is 1.26 bits per heavy atom. The van der Waals surface area contributed by atoms with Gasteiger partial charge in [-0.15, -0.1) is 11.6 Å². The van der Waals surface area contributed by atoms with Crippen LogP contribution in [-0.4, -0.2) is 35.6 Å². The smallest absolute Gasteiger partial charge is 0.409 e. The fourth-order valence-electron chi connectivity index (χ4n) is 1.94. The number of carbonyl (C=O) groups is 1. The normalized spacial score (nSPS) is 13.2. The van der Waals surface area contributed by atoms with Gasteiger partial charge in [0.25, 0.3) is 0 Å². The first-order valence-corrected chi connectivity index (χ1v) is 7.78. The molecule has 0 aromatic rings. The Kier molecular flexibility index (Phi) is 9.24. The fraction of sp³-hybridized carbons (Fsp3) is 0.933. The van der Waals surface area contributed by atoms with Crippen molar-refractivity contribution in [3.8, 4) is 0 Å². The summed E-state index contributed by atoms with van der Waals surface area (Å²) >= 11 is 6.15. The summed E-state index contributed by atoms with van der Waals surface area (Å²) in [5.41, 5.74) is 0. The molecule has 0 aliphatic carbocycles. The van der Waals surface area contributed by atoms with Crippen molar-refractivity contribution in [1.82, 2.24) is 4.90 Å². The van der Waals surface area contributed by atoms with Crippen LogP contribution in [0, 0.1) is 5.92 Å². The Morgan fingerprint density at radius 2 is 1.84 bits per heavy atom. The van der Waals surface area contributed by atoms with Crippen LogP contribution < -0.4 is 0 Å². The maximum absolute atomic E-state index is 11.6. The second kappa shape index (κ2) is 9.46. The van der Waals surface area contributed by atoms with Gasteiger partial charge in [0.1, 0.15) is 0 Å². The third-order valence-corrected chi connectivity index (χ3v) is 3.52. The van der Waals surface area contributed by atoms with Gasteiger partial charge < -0.3 is 9.64 Å².